The van der Waals surface area contributed by atoms with Crippen LogP contribution in [0.3, 0.4) is 0 Å². The Morgan fingerprint density at radius 3 is 2.69 bits per heavy atom. The van der Waals surface area contributed by atoms with E-state index in [0.717, 1.165) is 22.6 Å². The highest BCUT2D eigenvalue weighted by molar-refractivity contribution is 6.41. The molecule has 2 heterocycles. The van der Waals surface area contributed by atoms with Gasteiger partial charge in [0.15, 0.2) is 11.8 Å². The normalized spacial score (nSPS) is 11.6. The number of aromatic nitrogens is 4. The van der Waals surface area contributed by atoms with E-state index in [1.54, 1.807) is 7.05 Å². The van der Waals surface area contributed by atoms with Crippen LogP contribution in [0.5, 0.6) is 0 Å². The number of guanidine groups is 1. The second kappa shape index (κ2) is 8.25. The van der Waals surface area contributed by atoms with Crippen molar-refractivity contribution in [2.75, 3.05) is 7.05 Å². The number of nitrogens with one attached hydrogen (secondary N) is 3. The molecule has 0 aliphatic rings. The first-order chi connectivity index (χ1) is 12.6. The number of benzene rings is 1. The number of halogens is 2. The van der Waals surface area contributed by atoms with Crippen LogP contribution in [-0.2, 0) is 20.1 Å². The Kier molecular flexibility index (Phi) is 5.80. The Morgan fingerprint density at radius 1 is 1.23 bits per heavy atom. The van der Waals surface area contributed by atoms with Crippen LogP contribution in [-0.4, -0.2) is 32.8 Å². The van der Waals surface area contributed by atoms with E-state index in [1.165, 1.54) is 6.33 Å². The third kappa shape index (κ3) is 4.17. The fourth-order valence-electron chi connectivity index (χ4n) is 2.51. The van der Waals surface area contributed by atoms with Gasteiger partial charge in [-0.25, -0.2) is 4.98 Å². The van der Waals surface area contributed by atoms with Crippen molar-refractivity contribution in [1.29, 1.82) is 0 Å². The summed E-state index contributed by atoms with van der Waals surface area (Å²) in [7, 11) is 3.60. The Hall–Kier alpha value is -2.51. The first-order valence-corrected chi connectivity index (χ1v) is 8.73. The highest BCUT2D eigenvalue weighted by Crippen LogP contribution is 2.24. The number of nitrogens with zero attached hydrogens (tertiary/aromatic N) is 4. The maximum Gasteiger partial charge on any atom is 0.191 e. The van der Waals surface area contributed by atoms with E-state index in [9.17, 15) is 0 Å². The standard InChI is InChI=1S/C17H19Cl2N7/c1-20-17(22-9-13-7-14(18)15(19)26(13)2)21-8-11-4-3-5-12(6-11)16-23-10-24-25-16/h3-7,10H,8-9H2,1-2H3,(H2,20,21,22)(H,23,24,25). The fraction of sp³-hybridized carbons (Fsp3) is 0.235. The van der Waals surface area contributed by atoms with Crippen molar-refractivity contribution in [1.82, 2.24) is 30.4 Å². The SMILES string of the molecule is CN=C(NCc1cccc(-c2ncn[nH]2)c1)NCc1cc(Cl)c(Cl)n1C. The number of hydrogen-bond donors (Lipinski definition) is 3. The minimum Gasteiger partial charge on any atom is -0.352 e. The molecule has 0 bridgehead atoms. The van der Waals surface area contributed by atoms with Crippen molar-refractivity contribution in [2.45, 2.75) is 13.1 Å². The van der Waals surface area contributed by atoms with Gasteiger partial charge in [-0.15, -0.1) is 0 Å². The Labute approximate surface area is 161 Å². The summed E-state index contributed by atoms with van der Waals surface area (Å²) >= 11 is 12.1. The molecule has 0 unspecified atom stereocenters. The smallest absolute Gasteiger partial charge is 0.191 e. The van der Waals surface area contributed by atoms with Gasteiger partial charge in [-0.3, -0.25) is 10.1 Å². The first-order valence-electron chi connectivity index (χ1n) is 7.97. The van der Waals surface area contributed by atoms with E-state index < -0.39 is 0 Å². The summed E-state index contributed by atoms with van der Waals surface area (Å²) in [6, 6.07) is 9.90. The molecule has 0 amide bonds. The number of rotatable bonds is 5. The monoisotopic (exact) mass is 391 g/mol. The number of H-pyrrole nitrogens is 1. The molecule has 3 N–H and O–H groups in total. The topological polar surface area (TPSA) is 82.9 Å². The summed E-state index contributed by atoms with van der Waals surface area (Å²) in [5.41, 5.74) is 3.06. The molecule has 7 nitrogen and oxygen atoms in total. The molecule has 9 heteroatoms. The van der Waals surface area contributed by atoms with Crippen molar-refractivity contribution in [2.24, 2.45) is 12.0 Å². The molecule has 0 fully saturated rings. The number of aliphatic imine (C=N–C) groups is 1. The zero-order valence-electron chi connectivity index (χ0n) is 14.4. The number of hydrogen-bond acceptors (Lipinski definition) is 3. The van der Waals surface area contributed by atoms with Crippen molar-refractivity contribution in [3.05, 3.63) is 58.1 Å². The fourth-order valence-corrected chi connectivity index (χ4v) is 2.93. The van der Waals surface area contributed by atoms with E-state index in [-0.39, 0.29) is 0 Å². The molecule has 0 aliphatic heterocycles. The van der Waals surface area contributed by atoms with Gasteiger partial charge < -0.3 is 15.2 Å². The lowest BCUT2D eigenvalue weighted by molar-refractivity contribution is 0.750. The third-order valence-corrected chi connectivity index (χ3v) is 4.79. The van der Waals surface area contributed by atoms with E-state index in [2.05, 4.69) is 36.9 Å². The molecule has 136 valence electrons. The quantitative estimate of drug-likeness (QED) is 0.461. The van der Waals surface area contributed by atoms with Gasteiger partial charge in [0.1, 0.15) is 11.5 Å². The van der Waals surface area contributed by atoms with Crippen molar-refractivity contribution in [3.8, 4) is 11.4 Å². The Balaban J connectivity index is 1.59. The summed E-state index contributed by atoms with van der Waals surface area (Å²) < 4.78 is 1.84. The van der Waals surface area contributed by atoms with Gasteiger partial charge in [-0.1, -0.05) is 41.4 Å². The molecule has 2 aromatic heterocycles. The van der Waals surface area contributed by atoms with Gasteiger partial charge >= 0.3 is 0 Å². The summed E-state index contributed by atoms with van der Waals surface area (Å²) in [6.45, 7) is 1.18. The average molecular weight is 392 g/mol. The van der Waals surface area contributed by atoms with Gasteiger partial charge in [-0.05, 0) is 17.7 Å². The molecular formula is C17H19Cl2N7. The van der Waals surface area contributed by atoms with Crippen LogP contribution in [0.15, 0.2) is 41.7 Å². The minimum absolute atomic E-state index is 0.524. The lowest BCUT2D eigenvalue weighted by atomic mass is 10.1. The zero-order valence-corrected chi connectivity index (χ0v) is 15.9. The van der Waals surface area contributed by atoms with E-state index in [0.29, 0.717) is 29.2 Å². The highest BCUT2D eigenvalue weighted by Gasteiger charge is 2.09. The van der Waals surface area contributed by atoms with Gasteiger partial charge in [0.05, 0.1) is 11.6 Å². The molecular weight excluding hydrogens is 373 g/mol. The summed E-state index contributed by atoms with van der Waals surface area (Å²) in [5.74, 6) is 1.43. The Bertz CT molecular complexity index is 900. The molecule has 3 rings (SSSR count). The summed E-state index contributed by atoms with van der Waals surface area (Å²) in [4.78, 5) is 8.41. The second-order valence-corrected chi connectivity index (χ2v) is 6.41. The zero-order chi connectivity index (χ0) is 18.5. The van der Waals surface area contributed by atoms with E-state index in [4.69, 9.17) is 23.2 Å². The largest absolute Gasteiger partial charge is 0.352 e. The van der Waals surface area contributed by atoms with Gasteiger partial charge in [-0.2, -0.15) is 5.10 Å². The molecule has 0 saturated carbocycles. The van der Waals surface area contributed by atoms with Crippen molar-refractivity contribution >= 4 is 29.2 Å². The van der Waals surface area contributed by atoms with Crippen LogP contribution in [0.2, 0.25) is 10.2 Å². The summed E-state index contributed by atoms with van der Waals surface area (Å²) in [6.07, 6.45) is 1.49. The first kappa shape index (κ1) is 18.3. The second-order valence-electron chi connectivity index (χ2n) is 5.65. The van der Waals surface area contributed by atoms with Gasteiger partial charge in [0, 0.05) is 31.9 Å². The van der Waals surface area contributed by atoms with Gasteiger partial charge in [0.2, 0.25) is 0 Å². The molecule has 0 radical (unpaired) electrons. The van der Waals surface area contributed by atoms with Crippen molar-refractivity contribution < 1.29 is 0 Å². The molecule has 3 aromatic rings. The molecule has 0 aliphatic carbocycles. The predicted molar refractivity (Wildman–Crippen MR) is 104 cm³/mol. The van der Waals surface area contributed by atoms with Crippen LogP contribution >= 0.6 is 23.2 Å². The summed E-state index contributed by atoms with van der Waals surface area (Å²) in [5, 5.41) is 14.3. The molecule has 0 spiro atoms. The average Bonchev–Trinajstić information content (AvgIpc) is 3.27. The van der Waals surface area contributed by atoms with Gasteiger partial charge in [0.25, 0.3) is 0 Å². The minimum atomic E-state index is 0.524. The van der Waals surface area contributed by atoms with Crippen molar-refractivity contribution in [3.63, 3.8) is 0 Å². The van der Waals surface area contributed by atoms with Crippen LogP contribution in [0, 0.1) is 0 Å². The third-order valence-electron chi connectivity index (χ3n) is 3.95. The molecule has 0 saturated heterocycles. The molecule has 0 atom stereocenters. The van der Waals surface area contributed by atoms with E-state index in [1.807, 2.05) is 35.9 Å². The van der Waals surface area contributed by atoms with E-state index >= 15 is 0 Å². The Morgan fingerprint density at radius 2 is 2.04 bits per heavy atom. The van der Waals surface area contributed by atoms with Crippen LogP contribution in [0.4, 0.5) is 0 Å². The maximum atomic E-state index is 6.09. The molecule has 26 heavy (non-hydrogen) atoms. The van der Waals surface area contributed by atoms with Crippen LogP contribution in [0.25, 0.3) is 11.4 Å². The predicted octanol–water partition coefficient (Wildman–Crippen LogP) is 2.98. The molecule has 1 aromatic carbocycles. The van der Waals surface area contributed by atoms with Crippen LogP contribution < -0.4 is 10.6 Å². The lowest BCUT2D eigenvalue weighted by Crippen LogP contribution is -2.36. The lowest BCUT2D eigenvalue weighted by Gasteiger charge is -2.13. The maximum absolute atomic E-state index is 6.09. The number of aromatic amines is 1. The highest BCUT2D eigenvalue weighted by atomic mass is 35.5. The van der Waals surface area contributed by atoms with Crippen LogP contribution in [0.1, 0.15) is 11.3 Å².